The van der Waals surface area contributed by atoms with E-state index in [1.165, 1.54) is 18.5 Å². The fraction of sp³-hybridized carbons (Fsp3) is 0.179. The fourth-order valence-electron chi connectivity index (χ4n) is 4.97. The summed E-state index contributed by atoms with van der Waals surface area (Å²) in [5.41, 5.74) is 8.61. The van der Waals surface area contributed by atoms with Crippen molar-refractivity contribution >= 4 is 39.7 Å². The summed E-state index contributed by atoms with van der Waals surface area (Å²) in [5.74, 6) is -0.295. The highest BCUT2D eigenvalue weighted by atomic mass is 19.1. The van der Waals surface area contributed by atoms with E-state index in [2.05, 4.69) is 21.4 Å². The third-order valence-electron chi connectivity index (χ3n) is 6.63. The number of fused-ring (bicyclic) bond motifs is 2. The molecule has 0 radical (unpaired) electrons. The zero-order chi connectivity index (χ0) is 28.4. The second-order valence-electron chi connectivity index (χ2n) is 9.10. The molecule has 2 aromatic carbocycles. The highest BCUT2D eigenvalue weighted by Crippen LogP contribution is 2.37. The first-order valence-corrected chi connectivity index (χ1v) is 12.4. The van der Waals surface area contributed by atoms with E-state index in [4.69, 9.17) is 25.2 Å². The number of nitrogens with one attached hydrogen (secondary N) is 1. The van der Waals surface area contributed by atoms with Gasteiger partial charge < -0.3 is 25.7 Å². The maximum atomic E-state index is 14.2. The normalized spacial score (nSPS) is 13.9. The van der Waals surface area contributed by atoms with Gasteiger partial charge in [-0.1, -0.05) is 24.3 Å². The maximum absolute atomic E-state index is 14.2. The lowest BCUT2D eigenvalue weighted by Gasteiger charge is -2.21. The number of nitrogen functional groups attached to an aromatic ring is 1. The van der Waals surface area contributed by atoms with Crippen LogP contribution in [0.5, 0.6) is 5.75 Å². The van der Waals surface area contributed by atoms with E-state index >= 15 is 0 Å². The number of halogens is 1. The van der Waals surface area contributed by atoms with Crippen LogP contribution in [0.2, 0.25) is 0 Å². The Morgan fingerprint density at radius 3 is 2.65 bits per heavy atom. The molecule has 1 aliphatic heterocycles. The highest BCUT2D eigenvalue weighted by Gasteiger charge is 2.27. The van der Waals surface area contributed by atoms with Gasteiger partial charge in [0.1, 0.15) is 41.2 Å². The predicted octanol–water partition coefficient (Wildman–Crippen LogP) is 3.71. The number of phenols is 1. The number of aromatic nitrogens is 4. The fourth-order valence-corrected chi connectivity index (χ4v) is 4.97. The molecule has 12 heteroatoms. The lowest BCUT2D eigenvalue weighted by molar-refractivity contribution is -0.122. The molecule has 0 amide bonds. The van der Waals surface area contributed by atoms with Crippen LogP contribution in [0.25, 0.3) is 38.6 Å². The van der Waals surface area contributed by atoms with Crippen LogP contribution >= 0.6 is 0 Å². The SMILES string of the molecule is CC(c1oc(=O)c2ccccc2c1C1=CCCNC1)n1nc(-c2cc(O)cc(F)c2)c2c(N)ncnc21.O=CO. The summed E-state index contributed by atoms with van der Waals surface area (Å²) in [6, 6.07) is 10.4. The van der Waals surface area contributed by atoms with Gasteiger partial charge in [-0.05, 0) is 49.0 Å². The Morgan fingerprint density at radius 1 is 1.20 bits per heavy atom. The third-order valence-corrected chi connectivity index (χ3v) is 6.63. The smallest absolute Gasteiger partial charge is 0.343 e. The summed E-state index contributed by atoms with van der Waals surface area (Å²) in [6.45, 7) is 3.10. The van der Waals surface area contributed by atoms with Crippen LogP contribution in [-0.4, -0.2) is 49.5 Å². The Labute approximate surface area is 226 Å². The average Bonchev–Trinajstić information content (AvgIpc) is 3.34. The molecule has 5 aromatic rings. The minimum Gasteiger partial charge on any atom is -0.508 e. The zero-order valence-corrected chi connectivity index (χ0v) is 21.3. The van der Waals surface area contributed by atoms with E-state index in [9.17, 15) is 14.3 Å². The topological polar surface area (TPSA) is 169 Å². The molecule has 1 atom stereocenters. The lowest BCUT2D eigenvalue weighted by Crippen LogP contribution is -2.23. The Morgan fingerprint density at radius 2 is 1.95 bits per heavy atom. The molecule has 0 spiro atoms. The molecule has 5 N–H and O–H groups in total. The molecular weight excluding hydrogens is 519 g/mol. The Kier molecular flexibility index (Phi) is 7.25. The zero-order valence-electron chi connectivity index (χ0n) is 21.3. The summed E-state index contributed by atoms with van der Waals surface area (Å²) in [6.07, 6.45) is 4.32. The van der Waals surface area contributed by atoms with Crippen LogP contribution in [-0.2, 0) is 4.79 Å². The van der Waals surface area contributed by atoms with Gasteiger partial charge >= 0.3 is 5.63 Å². The summed E-state index contributed by atoms with van der Waals surface area (Å²) < 4.78 is 21.7. The number of benzene rings is 2. The van der Waals surface area contributed by atoms with Crippen molar-refractivity contribution in [3.05, 3.63) is 82.4 Å². The van der Waals surface area contributed by atoms with Gasteiger partial charge in [-0.3, -0.25) is 4.79 Å². The lowest BCUT2D eigenvalue weighted by atomic mass is 9.94. The Hall–Kier alpha value is -5.10. The summed E-state index contributed by atoms with van der Waals surface area (Å²) in [4.78, 5) is 29.9. The molecule has 0 bridgehead atoms. The summed E-state index contributed by atoms with van der Waals surface area (Å²) >= 11 is 0. The Bertz CT molecular complexity index is 1810. The molecule has 11 nitrogen and oxygen atoms in total. The summed E-state index contributed by atoms with van der Waals surface area (Å²) in [5, 5.41) is 26.7. The van der Waals surface area contributed by atoms with E-state index in [1.807, 2.05) is 19.1 Å². The molecule has 0 aliphatic carbocycles. The number of aromatic hydroxyl groups is 1. The second-order valence-corrected chi connectivity index (χ2v) is 9.10. The van der Waals surface area contributed by atoms with Crippen molar-refractivity contribution in [2.24, 2.45) is 0 Å². The van der Waals surface area contributed by atoms with Gasteiger partial charge in [0.25, 0.3) is 6.47 Å². The predicted molar refractivity (Wildman–Crippen MR) is 147 cm³/mol. The molecule has 0 fully saturated rings. The van der Waals surface area contributed by atoms with E-state index in [0.717, 1.165) is 35.6 Å². The van der Waals surface area contributed by atoms with Crippen molar-refractivity contribution in [3.8, 4) is 17.0 Å². The third kappa shape index (κ3) is 4.76. The van der Waals surface area contributed by atoms with Crippen molar-refractivity contribution in [1.29, 1.82) is 0 Å². The number of hydrogen-bond donors (Lipinski definition) is 4. The molecule has 1 unspecified atom stereocenters. The molecule has 1 aliphatic rings. The minimum atomic E-state index is -0.624. The van der Waals surface area contributed by atoms with Gasteiger partial charge in [-0.25, -0.2) is 23.8 Å². The van der Waals surface area contributed by atoms with Crippen LogP contribution in [0, 0.1) is 5.82 Å². The van der Waals surface area contributed by atoms with Crippen molar-refractivity contribution in [1.82, 2.24) is 25.1 Å². The molecule has 0 saturated heterocycles. The summed E-state index contributed by atoms with van der Waals surface area (Å²) in [7, 11) is 0. The highest BCUT2D eigenvalue weighted by molar-refractivity contribution is 5.99. The Balaban J connectivity index is 0.00000103. The van der Waals surface area contributed by atoms with Gasteiger partial charge in [-0.15, -0.1) is 0 Å². The minimum absolute atomic E-state index is 0.154. The van der Waals surface area contributed by atoms with Gasteiger partial charge in [0.2, 0.25) is 0 Å². The number of phenolic OH excluding ortho intramolecular Hbond substituents is 1. The molecule has 6 rings (SSSR count). The number of nitrogens with two attached hydrogens (primary N) is 1. The number of rotatable bonds is 4. The monoisotopic (exact) mass is 544 g/mol. The van der Waals surface area contributed by atoms with Crippen LogP contribution in [0.3, 0.4) is 0 Å². The molecule has 4 heterocycles. The van der Waals surface area contributed by atoms with Crippen molar-refractivity contribution < 1.29 is 23.8 Å². The van der Waals surface area contributed by atoms with Crippen LogP contribution < -0.4 is 16.7 Å². The first-order chi connectivity index (χ1) is 19.3. The van der Waals surface area contributed by atoms with Crippen molar-refractivity contribution in [2.75, 3.05) is 18.8 Å². The number of hydrogen-bond acceptors (Lipinski definition) is 9. The standard InChI is InChI=1S/C27H23FN6O3.CH2O2/c1-14(24-21(15-5-4-8-30-12-15)19-6-2-3-7-20(19)27(36)37-24)34-26-22(25(29)31-13-32-26)23(33-34)16-9-17(28)11-18(35)10-16;2-1-3/h2-3,5-7,9-11,13-14,30,35H,4,8,12H2,1H3,(H2,29,31,32);1H,(H,2,3). The number of carbonyl (C=O) groups is 1. The van der Waals surface area contributed by atoms with Gasteiger partial charge in [-0.2, -0.15) is 5.10 Å². The molecule has 3 aromatic heterocycles. The van der Waals surface area contributed by atoms with E-state index < -0.39 is 17.5 Å². The van der Waals surface area contributed by atoms with E-state index in [-0.39, 0.29) is 18.0 Å². The molecule has 40 heavy (non-hydrogen) atoms. The average molecular weight is 545 g/mol. The first kappa shape index (κ1) is 26.5. The largest absolute Gasteiger partial charge is 0.508 e. The van der Waals surface area contributed by atoms with Crippen molar-refractivity contribution in [3.63, 3.8) is 0 Å². The molecular formula is C28H25FN6O5. The molecule has 0 saturated carbocycles. The van der Waals surface area contributed by atoms with Crippen LogP contribution in [0.4, 0.5) is 10.2 Å². The van der Waals surface area contributed by atoms with E-state index in [0.29, 0.717) is 40.0 Å². The maximum Gasteiger partial charge on any atom is 0.343 e. The number of anilines is 1. The van der Waals surface area contributed by atoms with Gasteiger partial charge in [0, 0.05) is 23.7 Å². The van der Waals surface area contributed by atoms with Crippen LogP contribution in [0.15, 0.2) is 64.1 Å². The van der Waals surface area contributed by atoms with E-state index in [1.54, 1.807) is 16.8 Å². The molecule has 204 valence electrons. The quantitative estimate of drug-likeness (QED) is 0.245. The van der Waals surface area contributed by atoms with Gasteiger partial charge in [0.15, 0.2) is 5.65 Å². The van der Waals surface area contributed by atoms with Crippen LogP contribution in [0.1, 0.15) is 30.7 Å². The number of carboxylic acid groups (broad SMARTS) is 1. The van der Waals surface area contributed by atoms with Gasteiger partial charge in [0.05, 0.1) is 10.8 Å². The number of nitrogens with zero attached hydrogens (tertiary/aromatic N) is 4. The second kappa shape index (κ2) is 10.9. The van der Waals surface area contributed by atoms with Crippen molar-refractivity contribution in [2.45, 2.75) is 19.4 Å². The first-order valence-electron chi connectivity index (χ1n) is 12.4.